The van der Waals surface area contributed by atoms with E-state index < -0.39 is 17.4 Å². The Hall–Kier alpha value is -5.12. The highest BCUT2D eigenvalue weighted by atomic mass is 16.2. The number of para-hydroxylation sites is 1. The van der Waals surface area contributed by atoms with Crippen LogP contribution in [-0.2, 0) is 0 Å². The Kier molecular flexibility index (Phi) is 5.38. The standard InChI is InChI=1S/C25H18N6O4/c1-14-26-20-9-5-4-8-19(20)25(35)31(14)16-12-10-15(11-13-16)22(32)28-30-24(34)21-17-6-2-3-7-18(17)23(33)29-27-21/h2-13H,1H3,(H,28,32)(H,29,33)(H,30,34). The third-order valence-corrected chi connectivity index (χ3v) is 5.53. The Morgan fingerprint density at radius 3 is 2.17 bits per heavy atom. The first-order valence-corrected chi connectivity index (χ1v) is 10.6. The number of nitrogens with zero attached hydrogens (tertiary/aromatic N) is 3. The number of aromatic nitrogens is 4. The molecular weight excluding hydrogens is 448 g/mol. The van der Waals surface area contributed by atoms with Crippen molar-refractivity contribution in [2.45, 2.75) is 6.92 Å². The number of hydrogen-bond donors (Lipinski definition) is 3. The summed E-state index contributed by atoms with van der Waals surface area (Å²) in [7, 11) is 0. The van der Waals surface area contributed by atoms with Crippen molar-refractivity contribution in [2.75, 3.05) is 0 Å². The third-order valence-electron chi connectivity index (χ3n) is 5.53. The summed E-state index contributed by atoms with van der Waals surface area (Å²) in [5.41, 5.74) is 5.40. The molecule has 0 unspecified atom stereocenters. The highest BCUT2D eigenvalue weighted by Crippen LogP contribution is 2.14. The molecule has 10 nitrogen and oxygen atoms in total. The van der Waals surface area contributed by atoms with E-state index in [-0.39, 0.29) is 16.8 Å². The number of benzene rings is 3. The van der Waals surface area contributed by atoms with Gasteiger partial charge in [0.1, 0.15) is 5.82 Å². The first-order valence-electron chi connectivity index (χ1n) is 10.6. The summed E-state index contributed by atoms with van der Waals surface area (Å²) in [4.78, 5) is 54.5. The number of carbonyl (C=O) groups excluding carboxylic acids is 2. The van der Waals surface area contributed by atoms with Gasteiger partial charge < -0.3 is 0 Å². The van der Waals surface area contributed by atoms with Gasteiger partial charge in [-0.3, -0.25) is 34.6 Å². The predicted octanol–water partition coefficient (Wildman–Crippen LogP) is 2.01. The van der Waals surface area contributed by atoms with E-state index >= 15 is 0 Å². The van der Waals surface area contributed by atoms with Crippen LogP contribution in [0.5, 0.6) is 0 Å². The van der Waals surface area contributed by atoms with E-state index in [1.807, 2.05) is 6.07 Å². The number of aromatic amines is 1. The average Bonchev–Trinajstić information content (AvgIpc) is 2.88. The number of amides is 2. The molecule has 0 saturated carbocycles. The van der Waals surface area contributed by atoms with Gasteiger partial charge in [-0.2, -0.15) is 5.10 Å². The van der Waals surface area contributed by atoms with Gasteiger partial charge in [0.05, 0.1) is 22.0 Å². The van der Waals surface area contributed by atoms with E-state index in [0.717, 1.165) is 0 Å². The highest BCUT2D eigenvalue weighted by molar-refractivity contribution is 6.06. The van der Waals surface area contributed by atoms with Crippen LogP contribution in [0.15, 0.2) is 82.4 Å². The van der Waals surface area contributed by atoms with Crippen LogP contribution in [0.25, 0.3) is 27.4 Å². The van der Waals surface area contributed by atoms with Crippen LogP contribution in [0.2, 0.25) is 0 Å². The van der Waals surface area contributed by atoms with Gasteiger partial charge in [0.25, 0.3) is 22.9 Å². The quantitative estimate of drug-likeness (QED) is 0.348. The number of H-pyrrole nitrogens is 1. The lowest BCUT2D eigenvalue weighted by atomic mass is 10.1. The molecular formula is C25H18N6O4. The van der Waals surface area contributed by atoms with Crippen LogP contribution in [0.1, 0.15) is 26.7 Å². The van der Waals surface area contributed by atoms with Crippen LogP contribution >= 0.6 is 0 Å². The lowest BCUT2D eigenvalue weighted by Crippen LogP contribution is -2.42. The lowest BCUT2D eigenvalue weighted by Gasteiger charge is -2.12. The van der Waals surface area contributed by atoms with Crippen molar-refractivity contribution in [3.05, 3.63) is 111 Å². The number of rotatable bonds is 3. The van der Waals surface area contributed by atoms with Crippen molar-refractivity contribution in [3.8, 4) is 5.69 Å². The molecule has 3 aromatic carbocycles. The SMILES string of the molecule is Cc1nc2ccccc2c(=O)n1-c1ccc(C(=O)NNC(=O)c2n[nH]c(=O)c3ccccc23)cc1. The van der Waals surface area contributed by atoms with Gasteiger partial charge in [-0.25, -0.2) is 10.1 Å². The lowest BCUT2D eigenvalue weighted by molar-refractivity contribution is 0.0844. The van der Waals surface area contributed by atoms with Crippen molar-refractivity contribution in [2.24, 2.45) is 0 Å². The van der Waals surface area contributed by atoms with E-state index in [1.165, 1.54) is 16.7 Å². The first-order chi connectivity index (χ1) is 16.9. The fourth-order valence-electron chi connectivity index (χ4n) is 3.84. The molecule has 2 heterocycles. The largest absolute Gasteiger partial charge is 0.290 e. The smallest absolute Gasteiger partial charge is 0.268 e. The Labute approximate surface area is 197 Å². The fraction of sp³-hybridized carbons (Fsp3) is 0.0400. The summed E-state index contributed by atoms with van der Waals surface area (Å²) < 4.78 is 1.47. The fourth-order valence-corrected chi connectivity index (χ4v) is 3.84. The molecule has 0 aliphatic carbocycles. The van der Waals surface area contributed by atoms with E-state index in [9.17, 15) is 19.2 Å². The van der Waals surface area contributed by atoms with Crippen molar-refractivity contribution in [3.63, 3.8) is 0 Å². The zero-order valence-corrected chi connectivity index (χ0v) is 18.4. The molecule has 35 heavy (non-hydrogen) atoms. The molecule has 0 atom stereocenters. The molecule has 0 bridgehead atoms. The molecule has 0 aliphatic rings. The zero-order chi connectivity index (χ0) is 24.5. The van der Waals surface area contributed by atoms with E-state index in [1.54, 1.807) is 61.5 Å². The number of hydrogen-bond acceptors (Lipinski definition) is 6. The number of fused-ring (bicyclic) bond motifs is 2. The average molecular weight is 466 g/mol. The van der Waals surface area contributed by atoms with Crippen molar-refractivity contribution < 1.29 is 9.59 Å². The second-order valence-corrected chi connectivity index (χ2v) is 7.72. The zero-order valence-electron chi connectivity index (χ0n) is 18.4. The number of aryl methyl sites for hydroxylation is 1. The molecule has 0 fully saturated rings. The second kappa shape index (κ2) is 8.67. The molecule has 0 spiro atoms. The topological polar surface area (TPSA) is 139 Å². The predicted molar refractivity (Wildman–Crippen MR) is 129 cm³/mol. The van der Waals surface area contributed by atoms with E-state index in [0.29, 0.717) is 33.2 Å². The maximum absolute atomic E-state index is 13.0. The van der Waals surface area contributed by atoms with Crippen LogP contribution < -0.4 is 22.0 Å². The van der Waals surface area contributed by atoms with Crippen LogP contribution in [0.4, 0.5) is 0 Å². The summed E-state index contributed by atoms with van der Waals surface area (Å²) in [5, 5.41) is 7.23. The molecule has 172 valence electrons. The van der Waals surface area contributed by atoms with Crippen molar-refractivity contribution >= 4 is 33.5 Å². The molecule has 10 heteroatoms. The van der Waals surface area contributed by atoms with Crippen LogP contribution in [-0.4, -0.2) is 31.6 Å². The summed E-state index contributed by atoms with van der Waals surface area (Å²) in [6.07, 6.45) is 0. The van der Waals surface area contributed by atoms with Crippen molar-refractivity contribution in [1.29, 1.82) is 0 Å². The minimum absolute atomic E-state index is 0.0329. The Balaban J connectivity index is 1.35. The van der Waals surface area contributed by atoms with Gasteiger partial charge in [0, 0.05) is 10.9 Å². The maximum Gasteiger partial charge on any atom is 0.290 e. The van der Waals surface area contributed by atoms with Crippen LogP contribution in [0.3, 0.4) is 0 Å². The van der Waals surface area contributed by atoms with Gasteiger partial charge in [-0.05, 0) is 49.4 Å². The Morgan fingerprint density at radius 2 is 1.43 bits per heavy atom. The Bertz CT molecular complexity index is 1740. The summed E-state index contributed by atoms with van der Waals surface area (Å²) in [5.74, 6) is -0.745. The van der Waals surface area contributed by atoms with Gasteiger partial charge in [0.2, 0.25) is 0 Å². The second-order valence-electron chi connectivity index (χ2n) is 7.72. The van der Waals surface area contributed by atoms with Gasteiger partial charge in [0.15, 0.2) is 5.69 Å². The monoisotopic (exact) mass is 466 g/mol. The molecule has 2 amide bonds. The minimum atomic E-state index is -0.688. The highest BCUT2D eigenvalue weighted by Gasteiger charge is 2.16. The summed E-state index contributed by atoms with van der Waals surface area (Å²) in [6.45, 7) is 1.73. The molecule has 2 aromatic heterocycles. The van der Waals surface area contributed by atoms with Crippen molar-refractivity contribution in [1.82, 2.24) is 30.6 Å². The molecule has 5 aromatic rings. The first kappa shape index (κ1) is 21.7. The minimum Gasteiger partial charge on any atom is -0.268 e. The van der Waals surface area contributed by atoms with E-state index in [4.69, 9.17) is 0 Å². The molecule has 3 N–H and O–H groups in total. The number of carbonyl (C=O) groups is 2. The van der Waals surface area contributed by atoms with Gasteiger partial charge in [-0.1, -0.05) is 30.3 Å². The molecule has 0 radical (unpaired) electrons. The normalized spacial score (nSPS) is 10.9. The van der Waals surface area contributed by atoms with Crippen LogP contribution in [0, 0.1) is 6.92 Å². The molecule has 5 rings (SSSR count). The Morgan fingerprint density at radius 1 is 0.800 bits per heavy atom. The van der Waals surface area contributed by atoms with E-state index in [2.05, 4.69) is 26.0 Å². The summed E-state index contributed by atoms with van der Waals surface area (Å²) in [6, 6.07) is 19.9. The number of hydrazine groups is 1. The third kappa shape index (κ3) is 3.93. The van der Waals surface area contributed by atoms with Gasteiger partial charge >= 0.3 is 0 Å². The summed E-state index contributed by atoms with van der Waals surface area (Å²) >= 11 is 0. The maximum atomic E-state index is 13.0. The molecule has 0 saturated heterocycles. The number of nitrogens with one attached hydrogen (secondary N) is 3. The van der Waals surface area contributed by atoms with Gasteiger partial charge in [-0.15, -0.1) is 0 Å². The molecule has 0 aliphatic heterocycles.